The second-order valence-electron chi connectivity index (χ2n) is 8.73. The van der Waals surface area contributed by atoms with Crippen LogP contribution in [0.3, 0.4) is 0 Å². The molecule has 0 saturated carbocycles. The molecular formula is C25H30N4O4. The van der Waals surface area contributed by atoms with Gasteiger partial charge in [0.15, 0.2) is 0 Å². The van der Waals surface area contributed by atoms with E-state index < -0.39 is 5.41 Å². The van der Waals surface area contributed by atoms with Gasteiger partial charge < -0.3 is 14.5 Å². The van der Waals surface area contributed by atoms with Gasteiger partial charge in [0, 0.05) is 51.8 Å². The van der Waals surface area contributed by atoms with E-state index in [1.807, 2.05) is 48.3 Å². The van der Waals surface area contributed by atoms with Gasteiger partial charge in [0.05, 0.1) is 18.2 Å². The number of hydrogen-bond acceptors (Lipinski definition) is 6. The predicted octanol–water partition coefficient (Wildman–Crippen LogP) is 1.71. The average molecular weight is 451 g/mol. The van der Waals surface area contributed by atoms with Gasteiger partial charge in [-0.05, 0) is 31.2 Å². The fraction of sp³-hybridized carbons (Fsp3) is 0.440. The molecule has 4 rings (SSSR count). The van der Waals surface area contributed by atoms with Crippen molar-refractivity contribution < 1.29 is 19.1 Å². The van der Waals surface area contributed by atoms with Gasteiger partial charge in [-0.15, -0.1) is 0 Å². The maximum Gasteiger partial charge on any atom is 0.240 e. The Morgan fingerprint density at radius 1 is 1.06 bits per heavy atom. The largest absolute Gasteiger partial charge is 0.492 e. The minimum Gasteiger partial charge on any atom is -0.492 e. The van der Waals surface area contributed by atoms with Crippen molar-refractivity contribution >= 4 is 17.7 Å². The van der Waals surface area contributed by atoms with Gasteiger partial charge in [-0.25, -0.2) is 0 Å². The lowest BCUT2D eigenvalue weighted by atomic mass is 9.75. The average Bonchev–Trinajstić information content (AvgIpc) is 3.08. The number of hydrogen-bond donors (Lipinski definition) is 0. The lowest BCUT2D eigenvalue weighted by Gasteiger charge is -2.35. The molecule has 1 atom stereocenters. The maximum atomic E-state index is 13.6. The van der Waals surface area contributed by atoms with Gasteiger partial charge in [-0.3, -0.25) is 24.3 Å². The summed E-state index contributed by atoms with van der Waals surface area (Å²) in [6, 6.07) is 12.8. The quantitative estimate of drug-likeness (QED) is 0.450. The number of likely N-dealkylation sites (N-methyl/N-ethyl adjacent to an activating group) is 1. The number of piperazine rings is 1. The molecule has 8 nitrogen and oxygen atoms in total. The normalized spacial score (nSPS) is 21.5. The van der Waals surface area contributed by atoms with Crippen LogP contribution in [0, 0.1) is 0 Å². The molecule has 2 aromatic rings. The number of aromatic nitrogens is 1. The zero-order valence-corrected chi connectivity index (χ0v) is 19.0. The molecule has 174 valence electrons. The Labute approximate surface area is 194 Å². The molecule has 1 aromatic carbocycles. The summed E-state index contributed by atoms with van der Waals surface area (Å²) in [5, 5.41) is 0. The van der Waals surface area contributed by atoms with Gasteiger partial charge in [0.1, 0.15) is 5.75 Å². The second-order valence-corrected chi connectivity index (χ2v) is 8.73. The van der Waals surface area contributed by atoms with Crippen LogP contribution in [0.1, 0.15) is 24.8 Å². The summed E-state index contributed by atoms with van der Waals surface area (Å²) in [5.41, 5.74) is -0.428. The first kappa shape index (κ1) is 22.9. The van der Waals surface area contributed by atoms with Gasteiger partial charge in [0.25, 0.3) is 0 Å². The Morgan fingerprint density at radius 3 is 2.52 bits per heavy atom. The van der Waals surface area contributed by atoms with E-state index in [1.54, 1.807) is 18.5 Å². The third kappa shape index (κ3) is 5.06. The highest BCUT2D eigenvalue weighted by Gasteiger charge is 2.53. The first-order chi connectivity index (χ1) is 16.0. The van der Waals surface area contributed by atoms with Gasteiger partial charge in [0.2, 0.25) is 17.7 Å². The first-order valence-corrected chi connectivity index (χ1v) is 11.4. The van der Waals surface area contributed by atoms with Crippen LogP contribution in [-0.2, 0) is 19.8 Å². The summed E-state index contributed by atoms with van der Waals surface area (Å²) in [7, 11) is 2.03. The van der Waals surface area contributed by atoms with E-state index in [0.29, 0.717) is 31.9 Å². The van der Waals surface area contributed by atoms with E-state index in [-0.39, 0.29) is 37.1 Å². The molecule has 0 radical (unpaired) electrons. The predicted molar refractivity (Wildman–Crippen MR) is 123 cm³/mol. The van der Waals surface area contributed by atoms with E-state index in [1.165, 1.54) is 4.90 Å². The lowest BCUT2D eigenvalue weighted by molar-refractivity contribution is -0.143. The second kappa shape index (κ2) is 10.1. The van der Waals surface area contributed by atoms with Crippen molar-refractivity contribution in [2.24, 2.45) is 0 Å². The Kier molecular flexibility index (Phi) is 7.03. The van der Waals surface area contributed by atoms with Crippen molar-refractivity contribution in [3.63, 3.8) is 0 Å². The Hall–Kier alpha value is -3.26. The lowest BCUT2D eigenvalue weighted by Crippen LogP contribution is -2.50. The smallest absolute Gasteiger partial charge is 0.240 e. The maximum absolute atomic E-state index is 13.6. The van der Waals surface area contributed by atoms with Crippen LogP contribution in [0.4, 0.5) is 0 Å². The molecule has 3 heterocycles. The van der Waals surface area contributed by atoms with Gasteiger partial charge in [-0.1, -0.05) is 30.3 Å². The summed E-state index contributed by atoms with van der Waals surface area (Å²) in [5.74, 6) is 0.0433. The molecule has 2 saturated heterocycles. The van der Waals surface area contributed by atoms with Crippen molar-refractivity contribution in [1.29, 1.82) is 0 Å². The fourth-order valence-electron chi connectivity index (χ4n) is 4.52. The van der Waals surface area contributed by atoms with E-state index in [4.69, 9.17) is 4.74 Å². The zero-order chi connectivity index (χ0) is 23.3. The monoisotopic (exact) mass is 450 g/mol. The molecule has 8 heteroatoms. The molecule has 2 aliphatic rings. The standard InChI is InChI=1S/C25H30N4O4/c1-27-12-14-28(15-13-27)22(30)17-25(20-7-3-2-4-8-20)18-23(31)29(24(25)32)11-6-16-33-21-9-5-10-26-19-21/h2-5,7-10,19H,6,11-18H2,1H3. The minimum absolute atomic E-state index is 0.00792. The summed E-state index contributed by atoms with van der Waals surface area (Å²) < 4.78 is 5.65. The van der Waals surface area contributed by atoms with Crippen molar-refractivity contribution in [1.82, 2.24) is 19.7 Å². The molecular weight excluding hydrogens is 420 g/mol. The Bertz CT molecular complexity index is 976. The Morgan fingerprint density at radius 2 is 1.82 bits per heavy atom. The number of carbonyl (C=O) groups is 3. The molecule has 1 aromatic heterocycles. The van der Waals surface area contributed by atoms with Crippen molar-refractivity contribution in [2.75, 3.05) is 46.4 Å². The van der Waals surface area contributed by atoms with Crippen molar-refractivity contribution in [3.05, 3.63) is 60.4 Å². The molecule has 0 bridgehead atoms. The molecule has 0 spiro atoms. The molecule has 2 aliphatic heterocycles. The van der Waals surface area contributed by atoms with Crippen LogP contribution in [-0.4, -0.2) is 83.8 Å². The van der Waals surface area contributed by atoms with Crippen molar-refractivity contribution in [2.45, 2.75) is 24.7 Å². The van der Waals surface area contributed by atoms with Crippen molar-refractivity contribution in [3.8, 4) is 5.75 Å². The summed E-state index contributed by atoms with van der Waals surface area (Å²) in [4.78, 5) is 49.1. The van der Waals surface area contributed by atoms with E-state index in [0.717, 1.165) is 18.7 Å². The number of nitrogens with zero attached hydrogens (tertiary/aromatic N) is 4. The molecule has 33 heavy (non-hydrogen) atoms. The fourth-order valence-corrected chi connectivity index (χ4v) is 4.52. The van der Waals surface area contributed by atoms with Crippen LogP contribution in [0.2, 0.25) is 0 Å². The number of rotatable bonds is 8. The molecule has 1 unspecified atom stereocenters. The van der Waals surface area contributed by atoms with E-state index >= 15 is 0 Å². The van der Waals surface area contributed by atoms with Crippen LogP contribution in [0.5, 0.6) is 5.75 Å². The summed E-state index contributed by atoms with van der Waals surface area (Å²) >= 11 is 0. The molecule has 0 N–H and O–H groups in total. The van der Waals surface area contributed by atoms with E-state index in [9.17, 15) is 14.4 Å². The topological polar surface area (TPSA) is 83.1 Å². The number of imide groups is 1. The van der Waals surface area contributed by atoms with Gasteiger partial charge in [-0.2, -0.15) is 0 Å². The Balaban J connectivity index is 1.46. The number of pyridine rings is 1. The van der Waals surface area contributed by atoms with Crippen LogP contribution < -0.4 is 4.74 Å². The molecule has 3 amide bonds. The first-order valence-electron chi connectivity index (χ1n) is 11.4. The molecule has 0 aliphatic carbocycles. The highest BCUT2D eigenvalue weighted by Crippen LogP contribution is 2.40. The zero-order valence-electron chi connectivity index (χ0n) is 19.0. The third-order valence-corrected chi connectivity index (χ3v) is 6.47. The van der Waals surface area contributed by atoms with Crippen LogP contribution in [0.25, 0.3) is 0 Å². The number of carbonyl (C=O) groups excluding carboxylic acids is 3. The summed E-state index contributed by atoms with van der Waals surface area (Å²) in [6.45, 7) is 3.51. The van der Waals surface area contributed by atoms with Crippen LogP contribution >= 0.6 is 0 Å². The highest BCUT2D eigenvalue weighted by molar-refractivity contribution is 6.10. The van der Waals surface area contributed by atoms with E-state index in [2.05, 4.69) is 9.88 Å². The number of benzene rings is 1. The van der Waals surface area contributed by atoms with Gasteiger partial charge >= 0.3 is 0 Å². The highest BCUT2D eigenvalue weighted by atomic mass is 16.5. The minimum atomic E-state index is -1.15. The summed E-state index contributed by atoms with van der Waals surface area (Å²) in [6.07, 6.45) is 3.81. The number of ether oxygens (including phenoxy) is 1. The van der Waals surface area contributed by atoms with Crippen LogP contribution in [0.15, 0.2) is 54.9 Å². The number of amides is 3. The molecule has 2 fully saturated rings. The number of likely N-dealkylation sites (tertiary alicyclic amines) is 1. The third-order valence-electron chi connectivity index (χ3n) is 6.47. The SMILES string of the molecule is CN1CCN(C(=O)CC2(c3ccccc3)CC(=O)N(CCCOc3cccnc3)C2=O)CC1.